The number of carbonyl (C=O) groups is 2. The van der Waals surface area contributed by atoms with Gasteiger partial charge in [-0.1, -0.05) is 12.1 Å². The van der Waals surface area contributed by atoms with Crippen LogP contribution in [-0.4, -0.2) is 51.4 Å². The first-order valence-corrected chi connectivity index (χ1v) is 9.01. The minimum absolute atomic E-state index is 0.0846. The molecule has 3 aliphatic heterocycles. The summed E-state index contributed by atoms with van der Waals surface area (Å²) in [7, 11) is 0. The molecule has 3 aliphatic rings. The Bertz CT molecular complexity index is 882. The molecule has 1 aromatic heterocycles. The topological polar surface area (TPSA) is 76.5 Å². The second-order valence-electron chi connectivity index (χ2n) is 7.27. The number of aromatic nitrogens is 2. The van der Waals surface area contributed by atoms with Gasteiger partial charge in [-0.15, -0.1) is 0 Å². The molecule has 0 aliphatic carbocycles. The zero-order valence-electron chi connectivity index (χ0n) is 14.4. The Balaban J connectivity index is 1.37. The van der Waals surface area contributed by atoms with Gasteiger partial charge in [0.15, 0.2) is 5.78 Å². The third-order valence-corrected chi connectivity index (χ3v) is 5.49. The molecule has 0 radical (unpaired) electrons. The van der Waals surface area contributed by atoms with Gasteiger partial charge in [0.25, 0.3) is 5.91 Å². The lowest BCUT2D eigenvalue weighted by Gasteiger charge is -2.34. The second-order valence-corrected chi connectivity index (χ2v) is 7.27. The standard InChI is InChI=1S/C19H20N4O3/c24-15-9-19(26-16-4-2-1-3-13(15)16)5-7-23(12-19)18(25)14-11-22-8-6-20-10-17(22)21-14/h1-4,11,20H,5-10,12H2. The Labute approximate surface area is 151 Å². The summed E-state index contributed by atoms with van der Waals surface area (Å²) in [5.41, 5.74) is 0.502. The average Bonchev–Trinajstić information content (AvgIpc) is 3.25. The van der Waals surface area contributed by atoms with Crippen molar-refractivity contribution in [3.8, 4) is 5.75 Å². The number of hydrogen-bond donors (Lipinski definition) is 1. The van der Waals surface area contributed by atoms with Gasteiger partial charge in [-0.05, 0) is 12.1 Å². The van der Waals surface area contributed by atoms with E-state index in [4.69, 9.17) is 4.74 Å². The van der Waals surface area contributed by atoms with Crippen molar-refractivity contribution in [3.05, 3.63) is 47.5 Å². The average molecular weight is 352 g/mol. The highest BCUT2D eigenvalue weighted by molar-refractivity contribution is 6.00. The third-order valence-electron chi connectivity index (χ3n) is 5.49. The molecule has 2 aromatic rings. The van der Waals surface area contributed by atoms with E-state index in [0.717, 1.165) is 18.9 Å². The number of para-hydroxylation sites is 1. The lowest BCUT2D eigenvalue weighted by molar-refractivity contribution is 0.0427. The van der Waals surface area contributed by atoms with Crippen LogP contribution < -0.4 is 10.1 Å². The first-order chi connectivity index (χ1) is 12.6. The quantitative estimate of drug-likeness (QED) is 0.836. The van der Waals surface area contributed by atoms with Crippen molar-refractivity contribution in [3.63, 3.8) is 0 Å². The van der Waals surface area contributed by atoms with Crippen molar-refractivity contribution in [1.82, 2.24) is 19.8 Å². The molecular weight excluding hydrogens is 332 g/mol. The first kappa shape index (κ1) is 15.6. The Morgan fingerprint density at radius 2 is 2.15 bits per heavy atom. The predicted molar refractivity (Wildman–Crippen MR) is 93.2 cm³/mol. The van der Waals surface area contributed by atoms with Crippen LogP contribution in [0.5, 0.6) is 5.75 Å². The van der Waals surface area contributed by atoms with Crippen molar-refractivity contribution in [1.29, 1.82) is 0 Å². The first-order valence-electron chi connectivity index (χ1n) is 9.01. The number of benzene rings is 1. The van der Waals surface area contributed by atoms with Crippen LogP contribution in [0.25, 0.3) is 0 Å². The highest BCUT2D eigenvalue weighted by Crippen LogP contribution is 2.38. The fourth-order valence-electron chi connectivity index (χ4n) is 4.14. The number of Topliss-reactive ketones (excluding diaryl/α,β-unsaturated/α-hetero) is 1. The Kier molecular flexibility index (Phi) is 3.40. The molecule has 134 valence electrons. The summed E-state index contributed by atoms with van der Waals surface area (Å²) in [5, 5.41) is 3.26. The van der Waals surface area contributed by atoms with E-state index in [9.17, 15) is 9.59 Å². The Hall–Kier alpha value is -2.67. The minimum atomic E-state index is -0.609. The van der Waals surface area contributed by atoms with Gasteiger partial charge >= 0.3 is 0 Å². The van der Waals surface area contributed by atoms with E-state index in [1.54, 1.807) is 11.0 Å². The monoisotopic (exact) mass is 352 g/mol. The number of fused-ring (bicyclic) bond motifs is 2. The van der Waals surface area contributed by atoms with E-state index in [1.165, 1.54) is 0 Å². The molecule has 1 N–H and O–H groups in total. The van der Waals surface area contributed by atoms with Gasteiger partial charge in [-0.3, -0.25) is 9.59 Å². The van der Waals surface area contributed by atoms with Crippen molar-refractivity contribution >= 4 is 11.7 Å². The smallest absolute Gasteiger partial charge is 0.274 e. The van der Waals surface area contributed by atoms with E-state index in [1.807, 2.05) is 29.0 Å². The van der Waals surface area contributed by atoms with Crippen molar-refractivity contribution < 1.29 is 14.3 Å². The van der Waals surface area contributed by atoms with Crippen LogP contribution in [0.3, 0.4) is 0 Å². The molecule has 26 heavy (non-hydrogen) atoms. The van der Waals surface area contributed by atoms with E-state index in [0.29, 0.717) is 49.5 Å². The zero-order valence-corrected chi connectivity index (χ0v) is 14.4. The van der Waals surface area contributed by atoms with E-state index in [-0.39, 0.29) is 11.7 Å². The molecule has 7 nitrogen and oxygen atoms in total. The van der Waals surface area contributed by atoms with E-state index in [2.05, 4.69) is 10.3 Å². The molecule has 1 amide bonds. The molecule has 1 saturated heterocycles. The number of ether oxygens (including phenoxy) is 1. The summed E-state index contributed by atoms with van der Waals surface area (Å²) in [6.45, 7) is 3.40. The largest absolute Gasteiger partial charge is 0.484 e. The Morgan fingerprint density at radius 3 is 3.04 bits per heavy atom. The molecule has 1 aromatic carbocycles. The number of carbonyl (C=O) groups excluding carboxylic acids is 2. The lowest BCUT2D eigenvalue weighted by atomic mass is 9.89. The number of hydrogen-bond acceptors (Lipinski definition) is 5. The van der Waals surface area contributed by atoms with Crippen LogP contribution in [-0.2, 0) is 13.1 Å². The highest BCUT2D eigenvalue weighted by atomic mass is 16.5. The molecular formula is C19H20N4O3. The summed E-state index contributed by atoms with van der Waals surface area (Å²) >= 11 is 0. The van der Waals surface area contributed by atoms with E-state index >= 15 is 0 Å². The molecule has 7 heteroatoms. The van der Waals surface area contributed by atoms with Crippen LogP contribution >= 0.6 is 0 Å². The summed E-state index contributed by atoms with van der Waals surface area (Å²) in [5.74, 6) is 1.52. The van der Waals surface area contributed by atoms with Gasteiger partial charge in [0, 0.05) is 32.3 Å². The molecule has 1 fully saturated rings. The van der Waals surface area contributed by atoms with Gasteiger partial charge in [0.2, 0.25) is 0 Å². The summed E-state index contributed by atoms with van der Waals surface area (Å²) < 4.78 is 8.23. The van der Waals surface area contributed by atoms with Gasteiger partial charge in [-0.25, -0.2) is 4.98 Å². The number of ketones is 1. The summed E-state index contributed by atoms with van der Waals surface area (Å²) in [6, 6.07) is 7.34. The van der Waals surface area contributed by atoms with Crippen molar-refractivity contribution in [2.45, 2.75) is 31.5 Å². The molecule has 1 unspecified atom stereocenters. The number of imidazole rings is 1. The number of nitrogens with one attached hydrogen (secondary N) is 1. The predicted octanol–water partition coefficient (Wildman–Crippen LogP) is 1.24. The van der Waals surface area contributed by atoms with Crippen LogP contribution in [0, 0.1) is 0 Å². The number of nitrogens with zero attached hydrogens (tertiary/aromatic N) is 3. The number of likely N-dealkylation sites (tertiary alicyclic amines) is 1. The van der Waals surface area contributed by atoms with Gasteiger partial charge in [0.05, 0.1) is 25.1 Å². The number of amides is 1. The molecule has 1 atom stereocenters. The van der Waals surface area contributed by atoms with Crippen molar-refractivity contribution in [2.75, 3.05) is 19.6 Å². The molecule has 5 rings (SSSR count). The minimum Gasteiger partial charge on any atom is -0.484 e. The molecule has 0 bridgehead atoms. The summed E-state index contributed by atoms with van der Waals surface area (Å²) in [6.07, 6.45) is 2.82. The van der Waals surface area contributed by atoms with Gasteiger partial charge in [0.1, 0.15) is 22.9 Å². The van der Waals surface area contributed by atoms with E-state index < -0.39 is 5.60 Å². The van der Waals surface area contributed by atoms with Crippen LogP contribution in [0.2, 0.25) is 0 Å². The van der Waals surface area contributed by atoms with Gasteiger partial charge < -0.3 is 19.5 Å². The molecule has 0 saturated carbocycles. The maximum atomic E-state index is 12.9. The maximum absolute atomic E-state index is 12.9. The Morgan fingerprint density at radius 1 is 1.27 bits per heavy atom. The normalized spacial score (nSPS) is 24.3. The SMILES string of the molecule is O=C1CC2(CCN(C(=O)c3cn4c(n3)CNCC4)C2)Oc2ccccc21. The van der Waals surface area contributed by atoms with Gasteiger partial charge in [-0.2, -0.15) is 0 Å². The number of rotatable bonds is 1. The third kappa shape index (κ3) is 2.42. The zero-order chi connectivity index (χ0) is 17.7. The summed E-state index contributed by atoms with van der Waals surface area (Å²) in [4.78, 5) is 31.7. The highest BCUT2D eigenvalue weighted by Gasteiger charge is 2.47. The van der Waals surface area contributed by atoms with Crippen LogP contribution in [0.15, 0.2) is 30.5 Å². The maximum Gasteiger partial charge on any atom is 0.274 e. The van der Waals surface area contributed by atoms with Crippen LogP contribution in [0.1, 0.15) is 39.5 Å². The van der Waals surface area contributed by atoms with Crippen LogP contribution in [0.4, 0.5) is 0 Å². The lowest BCUT2D eigenvalue weighted by Crippen LogP contribution is -2.45. The second kappa shape index (κ2) is 5.67. The fraction of sp³-hybridized carbons (Fsp3) is 0.421. The molecule has 4 heterocycles. The fourth-order valence-corrected chi connectivity index (χ4v) is 4.14. The molecule has 1 spiro atoms. The van der Waals surface area contributed by atoms with Crippen molar-refractivity contribution in [2.24, 2.45) is 0 Å².